The van der Waals surface area contributed by atoms with Crippen molar-refractivity contribution in [3.05, 3.63) is 35.9 Å². The molecule has 0 unspecified atom stereocenters. The highest BCUT2D eigenvalue weighted by atomic mass is 16.2. The van der Waals surface area contributed by atoms with Gasteiger partial charge in [-0.3, -0.25) is 9.59 Å². The molecule has 5 heteroatoms. The minimum atomic E-state index is -0.112. The van der Waals surface area contributed by atoms with E-state index in [1.165, 1.54) is 0 Å². The van der Waals surface area contributed by atoms with Crippen molar-refractivity contribution in [1.82, 2.24) is 15.5 Å². The molecule has 5 nitrogen and oxygen atoms in total. The largest absolute Gasteiger partial charge is 0.350 e. The van der Waals surface area contributed by atoms with Gasteiger partial charge in [-0.1, -0.05) is 30.3 Å². The smallest absolute Gasteiger partial charge is 0.239 e. The maximum Gasteiger partial charge on any atom is 0.239 e. The van der Waals surface area contributed by atoms with E-state index in [9.17, 15) is 9.59 Å². The highest BCUT2D eigenvalue weighted by molar-refractivity contribution is 5.85. The Bertz CT molecular complexity index is 434. The molecule has 0 atom stereocenters. The molecule has 0 radical (unpaired) electrons. The Kier molecular flexibility index (Phi) is 4.92. The van der Waals surface area contributed by atoms with Gasteiger partial charge in [-0.15, -0.1) is 0 Å². The van der Waals surface area contributed by atoms with Crippen molar-refractivity contribution >= 4 is 11.8 Å². The summed E-state index contributed by atoms with van der Waals surface area (Å²) in [6.07, 6.45) is 0.887. The molecule has 1 heterocycles. The van der Waals surface area contributed by atoms with Gasteiger partial charge in [0, 0.05) is 13.1 Å². The van der Waals surface area contributed by atoms with Crippen molar-refractivity contribution < 1.29 is 9.59 Å². The standard InChI is InChI=1S/C14H19N3O2/c18-13(16-9-12-5-2-1-3-6-12)11-17-8-4-7-15-10-14(17)19/h1-3,5-6,15H,4,7-11H2,(H,16,18). The Morgan fingerprint density at radius 3 is 2.89 bits per heavy atom. The third-order valence-electron chi connectivity index (χ3n) is 3.08. The van der Waals surface area contributed by atoms with E-state index in [4.69, 9.17) is 0 Å². The summed E-state index contributed by atoms with van der Waals surface area (Å²) in [4.78, 5) is 25.1. The van der Waals surface area contributed by atoms with Gasteiger partial charge in [-0.05, 0) is 18.5 Å². The van der Waals surface area contributed by atoms with Crippen LogP contribution in [0.25, 0.3) is 0 Å². The van der Waals surface area contributed by atoms with E-state index in [1.54, 1.807) is 4.90 Å². The van der Waals surface area contributed by atoms with E-state index in [0.717, 1.165) is 18.5 Å². The van der Waals surface area contributed by atoms with Crippen molar-refractivity contribution in [1.29, 1.82) is 0 Å². The highest BCUT2D eigenvalue weighted by Gasteiger charge is 2.18. The summed E-state index contributed by atoms with van der Waals surface area (Å²) < 4.78 is 0. The Balaban J connectivity index is 1.79. The zero-order valence-electron chi connectivity index (χ0n) is 10.9. The maximum absolute atomic E-state index is 11.8. The highest BCUT2D eigenvalue weighted by Crippen LogP contribution is 1.99. The molecule has 2 amide bonds. The lowest BCUT2D eigenvalue weighted by Crippen LogP contribution is -2.42. The Labute approximate surface area is 113 Å². The SMILES string of the molecule is O=C(CN1CCCNCC1=O)NCc1ccccc1. The van der Waals surface area contributed by atoms with Crippen LogP contribution in [0.5, 0.6) is 0 Å². The summed E-state index contributed by atoms with van der Waals surface area (Å²) in [6, 6.07) is 9.73. The molecule has 0 saturated carbocycles. The molecule has 1 aliphatic rings. The first-order valence-electron chi connectivity index (χ1n) is 6.55. The molecule has 0 spiro atoms. The van der Waals surface area contributed by atoms with Crippen LogP contribution in [0, 0.1) is 0 Å². The first-order chi connectivity index (χ1) is 9.25. The second-order valence-electron chi connectivity index (χ2n) is 4.61. The summed E-state index contributed by atoms with van der Waals surface area (Å²) in [5.74, 6) is -0.119. The Morgan fingerprint density at radius 2 is 2.11 bits per heavy atom. The van der Waals surface area contributed by atoms with E-state index >= 15 is 0 Å². The average molecular weight is 261 g/mol. The van der Waals surface area contributed by atoms with Crippen LogP contribution in [0.3, 0.4) is 0 Å². The van der Waals surface area contributed by atoms with Gasteiger partial charge < -0.3 is 15.5 Å². The van der Waals surface area contributed by atoms with Crippen molar-refractivity contribution in [3.8, 4) is 0 Å². The number of hydrogen-bond donors (Lipinski definition) is 2. The van der Waals surface area contributed by atoms with Crippen LogP contribution in [-0.4, -0.2) is 42.9 Å². The van der Waals surface area contributed by atoms with Crippen LogP contribution in [0.15, 0.2) is 30.3 Å². The monoisotopic (exact) mass is 261 g/mol. The minimum Gasteiger partial charge on any atom is -0.350 e. The van der Waals surface area contributed by atoms with E-state index in [0.29, 0.717) is 19.6 Å². The van der Waals surface area contributed by atoms with E-state index in [2.05, 4.69) is 10.6 Å². The molecule has 102 valence electrons. The maximum atomic E-state index is 11.8. The number of carbonyl (C=O) groups excluding carboxylic acids is 2. The van der Waals surface area contributed by atoms with E-state index in [-0.39, 0.29) is 18.4 Å². The topological polar surface area (TPSA) is 61.4 Å². The molecule has 19 heavy (non-hydrogen) atoms. The molecule has 1 aliphatic heterocycles. The van der Waals surface area contributed by atoms with E-state index < -0.39 is 0 Å². The van der Waals surface area contributed by atoms with Crippen molar-refractivity contribution in [2.24, 2.45) is 0 Å². The van der Waals surface area contributed by atoms with Gasteiger partial charge >= 0.3 is 0 Å². The molecule has 0 aliphatic carbocycles. The third-order valence-corrected chi connectivity index (χ3v) is 3.08. The normalized spacial score (nSPS) is 16.0. The van der Waals surface area contributed by atoms with Crippen LogP contribution < -0.4 is 10.6 Å². The fourth-order valence-corrected chi connectivity index (χ4v) is 2.02. The minimum absolute atomic E-state index is 0.00707. The summed E-state index contributed by atoms with van der Waals surface area (Å²) >= 11 is 0. The first-order valence-corrected chi connectivity index (χ1v) is 6.55. The van der Waals surface area contributed by atoms with Gasteiger partial charge in [-0.25, -0.2) is 0 Å². The Morgan fingerprint density at radius 1 is 1.32 bits per heavy atom. The zero-order valence-corrected chi connectivity index (χ0v) is 10.9. The first kappa shape index (κ1) is 13.5. The lowest BCUT2D eigenvalue weighted by atomic mass is 10.2. The summed E-state index contributed by atoms with van der Waals surface area (Å²) in [7, 11) is 0. The van der Waals surface area contributed by atoms with Crippen LogP contribution in [0.2, 0.25) is 0 Å². The van der Waals surface area contributed by atoms with Crippen LogP contribution >= 0.6 is 0 Å². The second-order valence-corrected chi connectivity index (χ2v) is 4.61. The lowest BCUT2D eigenvalue weighted by Gasteiger charge is -2.19. The molecular weight excluding hydrogens is 242 g/mol. The number of carbonyl (C=O) groups is 2. The number of hydrogen-bond acceptors (Lipinski definition) is 3. The van der Waals surface area contributed by atoms with Crippen LogP contribution in [-0.2, 0) is 16.1 Å². The van der Waals surface area contributed by atoms with Gasteiger partial charge in [0.25, 0.3) is 0 Å². The molecule has 1 saturated heterocycles. The van der Waals surface area contributed by atoms with Crippen molar-refractivity contribution in [2.75, 3.05) is 26.2 Å². The third kappa shape index (κ3) is 4.37. The van der Waals surface area contributed by atoms with Crippen molar-refractivity contribution in [2.45, 2.75) is 13.0 Å². The number of rotatable bonds is 4. The quantitative estimate of drug-likeness (QED) is 0.809. The average Bonchev–Trinajstić information content (AvgIpc) is 2.63. The predicted octanol–water partition coefficient (Wildman–Crippen LogP) is 0.125. The number of amides is 2. The molecule has 2 N–H and O–H groups in total. The number of benzene rings is 1. The Hall–Kier alpha value is -1.88. The molecule has 0 aromatic heterocycles. The summed E-state index contributed by atoms with van der Waals surface area (Å²) in [5, 5.41) is 5.87. The zero-order chi connectivity index (χ0) is 13.5. The predicted molar refractivity (Wildman–Crippen MR) is 72.4 cm³/mol. The van der Waals surface area contributed by atoms with Crippen LogP contribution in [0.1, 0.15) is 12.0 Å². The second kappa shape index (κ2) is 6.89. The summed E-state index contributed by atoms with van der Waals surface area (Å²) in [6.45, 7) is 2.44. The molecule has 1 fully saturated rings. The van der Waals surface area contributed by atoms with Gasteiger partial charge in [0.1, 0.15) is 0 Å². The van der Waals surface area contributed by atoms with Gasteiger partial charge in [0.15, 0.2) is 0 Å². The van der Waals surface area contributed by atoms with Crippen molar-refractivity contribution in [3.63, 3.8) is 0 Å². The molecular formula is C14H19N3O2. The lowest BCUT2D eigenvalue weighted by molar-refractivity contribution is -0.134. The number of nitrogens with one attached hydrogen (secondary N) is 2. The number of nitrogens with zero attached hydrogens (tertiary/aromatic N) is 1. The molecule has 1 aromatic rings. The van der Waals surface area contributed by atoms with Gasteiger partial charge in [0.05, 0.1) is 13.1 Å². The molecule has 0 bridgehead atoms. The van der Waals surface area contributed by atoms with E-state index in [1.807, 2.05) is 30.3 Å². The molecule has 1 aromatic carbocycles. The summed E-state index contributed by atoms with van der Waals surface area (Å²) in [5.41, 5.74) is 1.06. The van der Waals surface area contributed by atoms with Gasteiger partial charge in [-0.2, -0.15) is 0 Å². The fourth-order valence-electron chi connectivity index (χ4n) is 2.02. The molecule has 2 rings (SSSR count). The van der Waals surface area contributed by atoms with Crippen LogP contribution in [0.4, 0.5) is 0 Å². The fraction of sp³-hybridized carbons (Fsp3) is 0.429. The van der Waals surface area contributed by atoms with Gasteiger partial charge in [0.2, 0.25) is 11.8 Å².